The Hall–Kier alpha value is -2.78. The summed E-state index contributed by atoms with van der Waals surface area (Å²) in [4.78, 5) is 15.3. The summed E-state index contributed by atoms with van der Waals surface area (Å²) in [5.41, 5.74) is 1.10. The van der Waals surface area contributed by atoms with Crippen molar-refractivity contribution in [1.82, 2.24) is 9.62 Å². The van der Waals surface area contributed by atoms with E-state index in [1.807, 2.05) is 24.3 Å². The maximum atomic E-state index is 13.1. The summed E-state index contributed by atoms with van der Waals surface area (Å²) in [5, 5.41) is 2.89. The first-order valence-electron chi connectivity index (χ1n) is 10.3. The molecule has 1 saturated heterocycles. The second-order valence-corrected chi connectivity index (χ2v) is 10.0. The molecule has 31 heavy (non-hydrogen) atoms. The Kier molecular flexibility index (Phi) is 6.06. The third-order valence-electron chi connectivity index (χ3n) is 5.50. The Morgan fingerprint density at radius 1 is 1.13 bits per heavy atom. The van der Waals surface area contributed by atoms with Crippen LogP contribution < -0.4 is 19.7 Å². The average molecular weight is 446 g/mol. The van der Waals surface area contributed by atoms with E-state index >= 15 is 0 Å². The van der Waals surface area contributed by atoms with E-state index in [-0.39, 0.29) is 23.5 Å². The highest BCUT2D eigenvalue weighted by molar-refractivity contribution is 7.89. The van der Waals surface area contributed by atoms with Crippen LogP contribution in [0.15, 0.2) is 47.4 Å². The number of anilines is 1. The molecule has 2 aliphatic heterocycles. The summed E-state index contributed by atoms with van der Waals surface area (Å²) in [7, 11) is -0.704. The molecule has 1 amide bonds. The lowest BCUT2D eigenvalue weighted by Crippen LogP contribution is -2.41. The molecule has 166 valence electrons. The monoisotopic (exact) mass is 445 g/mol. The molecule has 0 radical (unpaired) electrons. The first-order chi connectivity index (χ1) is 14.9. The fourth-order valence-electron chi connectivity index (χ4n) is 3.77. The van der Waals surface area contributed by atoms with Crippen molar-refractivity contribution in [2.24, 2.45) is 0 Å². The number of para-hydroxylation sites is 2. The Morgan fingerprint density at radius 3 is 2.55 bits per heavy atom. The van der Waals surface area contributed by atoms with Crippen LogP contribution in [0.5, 0.6) is 11.5 Å². The molecule has 9 heteroatoms. The minimum absolute atomic E-state index is 0.0942. The second kappa shape index (κ2) is 8.76. The quantitative estimate of drug-likeness (QED) is 0.733. The zero-order valence-corrected chi connectivity index (χ0v) is 18.5. The number of nitrogens with one attached hydrogen (secondary N) is 1. The molecule has 0 bridgehead atoms. The highest BCUT2D eigenvalue weighted by Crippen LogP contribution is 2.31. The Balaban J connectivity index is 1.54. The molecular formula is C22H27N3O5S. The number of benzene rings is 2. The van der Waals surface area contributed by atoms with E-state index in [1.54, 1.807) is 12.1 Å². The molecule has 4 rings (SSSR count). The Morgan fingerprint density at radius 2 is 1.84 bits per heavy atom. The third kappa shape index (κ3) is 4.47. The van der Waals surface area contributed by atoms with Crippen LogP contribution in [0, 0.1) is 0 Å². The fraction of sp³-hybridized carbons (Fsp3) is 0.409. The summed E-state index contributed by atoms with van der Waals surface area (Å²) in [5.74, 6) is 0.994. The van der Waals surface area contributed by atoms with Gasteiger partial charge in [0.2, 0.25) is 10.0 Å². The topological polar surface area (TPSA) is 88.2 Å². The van der Waals surface area contributed by atoms with Crippen molar-refractivity contribution in [2.45, 2.75) is 23.8 Å². The van der Waals surface area contributed by atoms with Gasteiger partial charge in [-0.3, -0.25) is 4.79 Å². The first-order valence-corrected chi connectivity index (χ1v) is 11.8. The number of hydrogen-bond acceptors (Lipinski definition) is 6. The molecule has 1 fully saturated rings. The van der Waals surface area contributed by atoms with Gasteiger partial charge in [0.15, 0.2) is 11.5 Å². The highest BCUT2D eigenvalue weighted by Gasteiger charge is 2.26. The van der Waals surface area contributed by atoms with E-state index < -0.39 is 10.0 Å². The van der Waals surface area contributed by atoms with Crippen molar-refractivity contribution in [1.29, 1.82) is 0 Å². The van der Waals surface area contributed by atoms with E-state index in [0.717, 1.165) is 35.9 Å². The molecule has 1 atom stereocenters. The molecule has 0 aromatic heterocycles. The van der Waals surface area contributed by atoms with E-state index in [4.69, 9.17) is 9.47 Å². The van der Waals surface area contributed by atoms with Crippen LogP contribution in [0.4, 0.5) is 5.69 Å². The molecule has 1 unspecified atom stereocenters. The molecule has 2 aromatic rings. The number of hydrogen-bond donors (Lipinski definition) is 1. The van der Waals surface area contributed by atoms with Gasteiger partial charge in [-0.15, -0.1) is 0 Å². The van der Waals surface area contributed by atoms with Crippen molar-refractivity contribution in [3.63, 3.8) is 0 Å². The summed E-state index contributed by atoms with van der Waals surface area (Å²) in [6.45, 7) is 2.26. The zero-order chi connectivity index (χ0) is 22.0. The first kappa shape index (κ1) is 21.5. The van der Waals surface area contributed by atoms with Crippen LogP contribution in [0.2, 0.25) is 0 Å². The van der Waals surface area contributed by atoms with Crippen LogP contribution in [0.3, 0.4) is 0 Å². The number of sulfonamides is 1. The van der Waals surface area contributed by atoms with Crippen molar-refractivity contribution >= 4 is 21.6 Å². The van der Waals surface area contributed by atoms with Gasteiger partial charge >= 0.3 is 0 Å². The predicted molar refractivity (Wildman–Crippen MR) is 117 cm³/mol. The van der Waals surface area contributed by atoms with Gasteiger partial charge < -0.3 is 19.7 Å². The maximum absolute atomic E-state index is 13.1. The van der Waals surface area contributed by atoms with E-state index in [9.17, 15) is 13.2 Å². The number of amides is 1. The summed E-state index contributed by atoms with van der Waals surface area (Å²) >= 11 is 0. The van der Waals surface area contributed by atoms with Gasteiger partial charge in [0, 0.05) is 32.9 Å². The molecule has 2 aromatic carbocycles. The zero-order valence-electron chi connectivity index (χ0n) is 17.7. The van der Waals surface area contributed by atoms with Gasteiger partial charge in [-0.2, -0.15) is 0 Å². The van der Waals surface area contributed by atoms with Gasteiger partial charge in [0.05, 0.1) is 17.0 Å². The van der Waals surface area contributed by atoms with Crippen LogP contribution in [0.25, 0.3) is 0 Å². The van der Waals surface area contributed by atoms with E-state index in [1.165, 1.54) is 20.2 Å². The second-order valence-electron chi connectivity index (χ2n) is 7.87. The number of ether oxygens (including phenoxy) is 2. The highest BCUT2D eigenvalue weighted by atomic mass is 32.2. The van der Waals surface area contributed by atoms with E-state index in [0.29, 0.717) is 23.7 Å². The number of carbonyl (C=O) groups is 1. The summed E-state index contributed by atoms with van der Waals surface area (Å²) in [6, 6.07) is 12.2. The van der Waals surface area contributed by atoms with Gasteiger partial charge in [-0.25, -0.2) is 12.7 Å². The van der Waals surface area contributed by atoms with Crippen molar-refractivity contribution in [2.75, 3.05) is 45.2 Å². The SMILES string of the molecule is CN(C)S(=O)(=O)c1ccc(N2CCCC2)c(C(=O)NCC2COc3ccccc3O2)c1. The van der Waals surface area contributed by atoms with Crippen molar-refractivity contribution in [3.05, 3.63) is 48.0 Å². The normalized spacial score (nSPS) is 18.3. The molecule has 1 N–H and O–H groups in total. The lowest BCUT2D eigenvalue weighted by molar-refractivity contribution is 0.0789. The minimum atomic E-state index is -3.65. The lowest BCUT2D eigenvalue weighted by atomic mass is 10.1. The van der Waals surface area contributed by atoms with Crippen LogP contribution in [-0.2, 0) is 10.0 Å². The van der Waals surface area contributed by atoms with E-state index in [2.05, 4.69) is 10.2 Å². The fourth-order valence-corrected chi connectivity index (χ4v) is 4.70. The smallest absolute Gasteiger partial charge is 0.253 e. The molecule has 2 heterocycles. The number of rotatable bonds is 6. The van der Waals surface area contributed by atoms with Crippen molar-refractivity contribution < 1.29 is 22.7 Å². The minimum Gasteiger partial charge on any atom is -0.486 e. The predicted octanol–water partition coefficient (Wildman–Crippen LogP) is 2.11. The van der Waals surface area contributed by atoms with Crippen LogP contribution in [-0.4, -0.2) is 65.1 Å². The van der Waals surface area contributed by atoms with Gasteiger partial charge in [-0.05, 0) is 43.2 Å². The maximum Gasteiger partial charge on any atom is 0.253 e. The summed E-state index contributed by atoms with van der Waals surface area (Å²) in [6.07, 6.45) is 1.76. The molecule has 0 saturated carbocycles. The number of nitrogens with zero attached hydrogens (tertiary/aromatic N) is 2. The molecule has 0 aliphatic carbocycles. The van der Waals surface area contributed by atoms with Gasteiger partial charge in [0.25, 0.3) is 5.91 Å². The average Bonchev–Trinajstić information content (AvgIpc) is 3.31. The largest absolute Gasteiger partial charge is 0.486 e. The lowest BCUT2D eigenvalue weighted by Gasteiger charge is -2.27. The van der Waals surface area contributed by atoms with Gasteiger partial charge in [-0.1, -0.05) is 12.1 Å². The van der Waals surface area contributed by atoms with Crippen LogP contribution in [0.1, 0.15) is 23.2 Å². The number of carbonyl (C=O) groups excluding carboxylic acids is 1. The summed E-state index contributed by atoms with van der Waals surface area (Å²) < 4.78 is 38.0. The molecule has 8 nitrogen and oxygen atoms in total. The number of fused-ring (bicyclic) bond motifs is 1. The Labute approximate surface area is 182 Å². The third-order valence-corrected chi connectivity index (χ3v) is 7.31. The standard InChI is InChI=1S/C22H27N3O5S/c1-24(2)31(27,28)17-9-10-19(25-11-5-6-12-25)18(13-17)22(26)23-14-16-15-29-20-7-3-4-8-21(20)30-16/h3-4,7-10,13,16H,5-6,11-12,14-15H2,1-2H3,(H,23,26). The van der Waals surface area contributed by atoms with Crippen molar-refractivity contribution in [3.8, 4) is 11.5 Å². The molecule has 0 spiro atoms. The van der Waals surface area contributed by atoms with Crippen LogP contribution >= 0.6 is 0 Å². The molecular weight excluding hydrogens is 418 g/mol. The Bertz CT molecular complexity index is 1060. The molecule has 2 aliphatic rings. The van der Waals surface area contributed by atoms with Gasteiger partial charge in [0.1, 0.15) is 12.7 Å².